The van der Waals surface area contributed by atoms with E-state index in [1.807, 2.05) is 31.6 Å². The molecule has 0 fully saturated rings. The van der Waals surface area contributed by atoms with Crippen molar-refractivity contribution >= 4 is 23.1 Å². The molecule has 2 heterocycles. The van der Waals surface area contributed by atoms with Crippen LogP contribution in [0.5, 0.6) is 0 Å². The van der Waals surface area contributed by atoms with E-state index >= 15 is 0 Å². The predicted molar refractivity (Wildman–Crippen MR) is 71.0 cm³/mol. The number of carbonyl (C=O) groups is 1. The van der Waals surface area contributed by atoms with Gasteiger partial charge in [0.15, 0.2) is 5.82 Å². The maximum Gasteiger partial charge on any atom is 0.343 e. The van der Waals surface area contributed by atoms with Crippen molar-refractivity contribution in [3.05, 3.63) is 29.3 Å². The molecule has 0 N–H and O–H groups in total. The summed E-state index contributed by atoms with van der Waals surface area (Å²) in [7, 11) is 4.99. The Balaban J connectivity index is 2.50. The predicted octanol–water partition coefficient (Wildman–Crippen LogP) is 2.06. The Kier molecular flexibility index (Phi) is 3.57. The lowest BCUT2D eigenvalue weighted by atomic mass is 10.3. The van der Waals surface area contributed by atoms with Crippen molar-refractivity contribution in [3.8, 4) is 10.7 Å². The van der Waals surface area contributed by atoms with E-state index in [0.717, 1.165) is 4.88 Å². The van der Waals surface area contributed by atoms with E-state index in [0.29, 0.717) is 17.2 Å². The standard InChI is InChI=1S/C12H13N3O2S/c1-15(2)11-8(12(16)17-3)7-13-10(14-11)9-5-4-6-18-9/h4-7H,1-3H3. The number of ether oxygens (including phenoxy) is 1. The van der Waals surface area contributed by atoms with Crippen molar-refractivity contribution in [1.82, 2.24) is 9.97 Å². The molecule has 0 spiro atoms. The minimum atomic E-state index is -0.434. The van der Waals surface area contributed by atoms with Crippen molar-refractivity contribution < 1.29 is 9.53 Å². The van der Waals surface area contributed by atoms with E-state index < -0.39 is 5.97 Å². The van der Waals surface area contributed by atoms with Crippen molar-refractivity contribution in [2.24, 2.45) is 0 Å². The first kappa shape index (κ1) is 12.5. The minimum Gasteiger partial charge on any atom is -0.465 e. The van der Waals surface area contributed by atoms with Crippen LogP contribution in [0, 0.1) is 0 Å². The monoisotopic (exact) mass is 263 g/mol. The smallest absolute Gasteiger partial charge is 0.343 e. The molecule has 0 radical (unpaired) electrons. The second-order valence-electron chi connectivity index (χ2n) is 3.79. The second kappa shape index (κ2) is 5.14. The molecule has 0 saturated heterocycles. The number of esters is 1. The number of aromatic nitrogens is 2. The summed E-state index contributed by atoms with van der Waals surface area (Å²) in [5.74, 6) is 0.734. The van der Waals surface area contributed by atoms with E-state index in [9.17, 15) is 4.79 Å². The van der Waals surface area contributed by atoms with Gasteiger partial charge in [0.05, 0.1) is 12.0 Å². The highest BCUT2D eigenvalue weighted by Gasteiger charge is 2.17. The minimum absolute atomic E-state index is 0.364. The number of carbonyl (C=O) groups excluding carboxylic acids is 1. The number of hydrogen-bond acceptors (Lipinski definition) is 6. The summed E-state index contributed by atoms with van der Waals surface area (Å²) in [6.45, 7) is 0. The number of rotatable bonds is 3. The van der Waals surface area contributed by atoms with Crippen LogP contribution in [-0.4, -0.2) is 37.1 Å². The molecule has 2 aromatic rings. The maximum absolute atomic E-state index is 11.6. The van der Waals surface area contributed by atoms with Gasteiger partial charge in [0.25, 0.3) is 0 Å². The van der Waals surface area contributed by atoms with E-state index in [-0.39, 0.29) is 0 Å². The van der Waals surface area contributed by atoms with Crippen LogP contribution in [0.25, 0.3) is 10.7 Å². The summed E-state index contributed by atoms with van der Waals surface area (Å²) < 4.78 is 4.71. The first-order valence-corrected chi connectivity index (χ1v) is 6.18. The fourth-order valence-corrected chi connectivity index (χ4v) is 2.16. The average Bonchev–Trinajstić information content (AvgIpc) is 2.91. The molecule has 94 valence electrons. The van der Waals surface area contributed by atoms with Crippen molar-refractivity contribution in [1.29, 1.82) is 0 Å². The molecule has 2 aromatic heterocycles. The van der Waals surface area contributed by atoms with Crippen LogP contribution < -0.4 is 4.90 Å². The summed E-state index contributed by atoms with van der Waals surface area (Å²) in [6.07, 6.45) is 1.50. The van der Waals surface area contributed by atoms with Crippen molar-refractivity contribution in [2.75, 3.05) is 26.1 Å². The normalized spacial score (nSPS) is 10.2. The highest BCUT2D eigenvalue weighted by atomic mass is 32.1. The van der Waals surface area contributed by atoms with Crippen LogP contribution in [0.2, 0.25) is 0 Å². The van der Waals surface area contributed by atoms with Gasteiger partial charge in [-0.3, -0.25) is 0 Å². The van der Waals surface area contributed by atoms with E-state index in [4.69, 9.17) is 4.74 Å². The summed E-state index contributed by atoms with van der Waals surface area (Å²) in [5.41, 5.74) is 0.364. The molecule has 5 nitrogen and oxygen atoms in total. The highest BCUT2D eigenvalue weighted by Crippen LogP contribution is 2.24. The molecule has 0 atom stereocenters. The largest absolute Gasteiger partial charge is 0.465 e. The molecule has 0 aromatic carbocycles. The van der Waals surface area contributed by atoms with Gasteiger partial charge in [0.1, 0.15) is 11.4 Å². The summed E-state index contributed by atoms with van der Waals surface area (Å²) in [5, 5.41) is 1.96. The maximum atomic E-state index is 11.6. The molecular weight excluding hydrogens is 250 g/mol. The summed E-state index contributed by atoms with van der Waals surface area (Å²) in [6, 6.07) is 3.88. The van der Waals surface area contributed by atoms with E-state index in [1.165, 1.54) is 13.3 Å². The van der Waals surface area contributed by atoms with Crippen LogP contribution in [0.1, 0.15) is 10.4 Å². The third-order valence-electron chi connectivity index (χ3n) is 2.34. The fraction of sp³-hybridized carbons (Fsp3) is 0.250. The van der Waals surface area contributed by atoms with E-state index in [1.54, 1.807) is 16.2 Å². The molecule has 0 aliphatic rings. The quantitative estimate of drug-likeness (QED) is 0.793. The number of thiophene rings is 1. The molecule has 0 aliphatic carbocycles. The van der Waals surface area contributed by atoms with Gasteiger partial charge in [-0.1, -0.05) is 6.07 Å². The van der Waals surface area contributed by atoms with Crippen LogP contribution in [0.3, 0.4) is 0 Å². The van der Waals surface area contributed by atoms with Gasteiger partial charge in [0, 0.05) is 20.3 Å². The van der Waals surface area contributed by atoms with Gasteiger partial charge >= 0.3 is 5.97 Å². The van der Waals surface area contributed by atoms with Crippen LogP contribution >= 0.6 is 11.3 Å². The first-order valence-electron chi connectivity index (χ1n) is 5.30. The molecule has 0 bridgehead atoms. The van der Waals surface area contributed by atoms with Crippen LogP contribution in [0.4, 0.5) is 5.82 Å². The van der Waals surface area contributed by atoms with Gasteiger partial charge in [0.2, 0.25) is 0 Å². The zero-order valence-corrected chi connectivity index (χ0v) is 11.2. The average molecular weight is 263 g/mol. The highest BCUT2D eigenvalue weighted by molar-refractivity contribution is 7.13. The number of anilines is 1. The van der Waals surface area contributed by atoms with E-state index in [2.05, 4.69) is 9.97 Å². The fourth-order valence-electron chi connectivity index (χ4n) is 1.49. The topological polar surface area (TPSA) is 55.3 Å². The Morgan fingerprint density at radius 2 is 2.22 bits per heavy atom. The molecular formula is C12H13N3O2S. The zero-order chi connectivity index (χ0) is 13.1. The Hall–Kier alpha value is -1.95. The third-order valence-corrected chi connectivity index (χ3v) is 3.20. The van der Waals surface area contributed by atoms with Gasteiger partial charge in [-0.05, 0) is 11.4 Å². The molecule has 6 heteroatoms. The summed E-state index contributed by atoms with van der Waals surface area (Å²) >= 11 is 1.56. The first-order chi connectivity index (χ1) is 8.63. The molecule has 0 amide bonds. The SMILES string of the molecule is COC(=O)c1cnc(-c2cccs2)nc1N(C)C. The Morgan fingerprint density at radius 1 is 1.44 bits per heavy atom. The molecule has 0 aliphatic heterocycles. The molecule has 0 saturated carbocycles. The number of methoxy groups -OCH3 is 1. The lowest BCUT2D eigenvalue weighted by Gasteiger charge is -2.15. The zero-order valence-electron chi connectivity index (χ0n) is 10.4. The van der Waals surface area contributed by atoms with Gasteiger partial charge in [-0.2, -0.15) is 0 Å². The number of nitrogens with zero attached hydrogens (tertiary/aromatic N) is 3. The summed E-state index contributed by atoms with van der Waals surface area (Å²) in [4.78, 5) is 23.0. The Bertz CT molecular complexity index is 552. The second-order valence-corrected chi connectivity index (χ2v) is 4.74. The van der Waals surface area contributed by atoms with Crippen LogP contribution in [0.15, 0.2) is 23.7 Å². The van der Waals surface area contributed by atoms with Crippen LogP contribution in [-0.2, 0) is 4.74 Å². The lowest BCUT2D eigenvalue weighted by Crippen LogP contribution is -2.17. The van der Waals surface area contributed by atoms with Crippen molar-refractivity contribution in [2.45, 2.75) is 0 Å². The molecule has 18 heavy (non-hydrogen) atoms. The van der Waals surface area contributed by atoms with Gasteiger partial charge < -0.3 is 9.64 Å². The van der Waals surface area contributed by atoms with Gasteiger partial charge in [-0.25, -0.2) is 14.8 Å². The third kappa shape index (κ3) is 2.33. The molecule has 2 rings (SSSR count). The Labute approximate surface area is 109 Å². The van der Waals surface area contributed by atoms with Crippen molar-refractivity contribution in [3.63, 3.8) is 0 Å². The molecule has 0 unspecified atom stereocenters. The lowest BCUT2D eigenvalue weighted by molar-refractivity contribution is 0.0600. The van der Waals surface area contributed by atoms with Gasteiger partial charge in [-0.15, -0.1) is 11.3 Å². The Morgan fingerprint density at radius 3 is 2.78 bits per heavy atom. The number of hydrogen-bond donors (Lipinski definition) is 0.